The molecule has 1 heterocycles. The van der Waals surface area contributed by atoms with Crippen LogP contribution in [0, 0.1) is 11.8 Å². The molecule has 166 valence electrons. The lowest BCUT2D eigenvalue weighted by Crippen LogP contribution is -2.47. The summed E-state index contributed by atoms with van der Waals surface area (Å²) in [6.45, 7) is 8.79. The molecule has 0 radical (unpaired) electrons. The van der Waals surface area contributed by atoms with E-state index in [-0.39, 0.29) is 29.9 Å². The van der Waals surface area contributed by atoms with Gasteiger partial charge in [0.1, 0.15) is 12.4 Å². The van der Waals surface area contributed by atoms with Gasteiger partial charge in [0.25, 0.3) is 5.91 Å². The average Bonchev–Trinajstić information content (AvgIpc) is 3.52. The van der Waals surface area contributed by atoms with Gasteiger partial charge in [-0.2, -0.15) is 0 Å². The Bertz CT molecular complexity index is 765. The number of ether oxygens (including phenoxy) is 2. The normalized spacial score (nSPS) is 26.2. The number of anilines is 1. The van der Waals surface area contributed by atoms with Crippen LogP contribution in [0.5, 0.6) is 5.75 Å². The summed E-state index contributed by atoms with van der Waals surface area (Å²) in [6.07, 6.45) is 2.55. The molecular formula is C23H35N3O4. The lowest BCUT2D eigenvalue weighted by Gasteiger charge is -2.36. The van der Waals surface area contributed by atoms with Gasteiger partial charge in [-0.1, -0.05) is 6.92 Å². The second kappa shape index (κ2) is 9.79. The van der Waals surface area contributed by atoms with Crippen molar-refractivity contribution in [1.82, 2.24) is 9.80 Å². The first-order valence-corrected chi connectivity index (χ1v) is 10.8. The number of amides is 2. The standard InChI is InChI=1S/C23H35N3O4/c1-15-11-26(12-18-6-7-18)16(2)14-30-21-10-19(24-17(3)27)8-9-20(21)23(28)25(4)13-22(15)29-5/h8-10,15-16,18,22H,6-7,11-14H2,1-5H3,(H,24,27)/t15-,16-,22-/m1/s1. The smallest absolute Gasteiger partial charge is 0.257 e. The van der Waals surface area contributed by atoms with Gasteiger partial charge in [0, 0.05) is 58.5 Å². The monoisotopic (exact) mass is 417 g/mol. The zero-order valence-corrected chi connectivity index (χ0v) is 18.8. The van der Waals surface area contributed by atoms with E-state index in [9.17, 15) is 9.59 Å². The zero-order valence-electron chi connectivity index (χ0n) is 18.8. The van der Waals surface area contributed by atoms with E-state index in [2.05, 4.69) is 24.1 Å². The van der Waals surface area contributed by atoms with Gasteiger partial charge in [0.05, 0.1) is 11.7 Å². The maximum atomic E-state index is 13.1. The number of benzene rings is 1. The zero-order chi connectivity index (χ0) is 21.8. The maximum absolute atomic E-state index is 13.1. The number of likely N-dealkylation sites (N-methyl/N-ethyl adjacent to an activating group) is 1. The van der Waals surface area contributed by atoms with Crippen molar-refractivity contribution < 1.29 is 19.1 Å². The van der Waals surface area contributed by atoms with Crippen molar-refractivity contribution in [2.24, 2.45) is 11.8 Å². The molecule has 0 saturated heterocycles. The van der Waals surface area contributed by atoms with Crippen molar-refractivity contribution in [3.63, 3.8) is 0 Å². The molecule has 1 fully saturated rings. The second-order valence-electron chi connectivity index (χ2n) is 8.89. The van der Waals surface area contributed by atoms with Gasteiger partial charge in [-0.15, -0.1) is 0 Å². The number of carbonyl (C=O) groups is 2. The van der Waals surface area contributed by atoms with Crippen molar-refractivity contribution in [1.29, 1.82) is 0 Å². The van der Waals surface area contributed by atoms with Crippen molar-refractivity contribution in [2.45, 2.75) is 45.8 Å². The fourth-order valence-electron chi connectivity index (χ4n) is 4.01. The predicted molar refractivity (Wildman–Crippen MR) is 117 cm³/mol. The van der Waals surface area contributed by atoms with E-state index in [1.165, 1.54) is 19.8 Å². The second-order valence-corrected chi connectivity index (χ2v) is 8.89. The molecule has 0 aromatic heterocycles. The molecule has 1 aromatic rings. The number of nitrogens with zero attached hydrogens (tertiary/aromatic N) is 2. The van der Waals surface area contributed by atoms with E-state index in [1.54, 1.807) is 37.3 Å². The van der Waals surface area contributed by atoms with E-state index in [4.69, 9.17) is 9.47 Å². The third kappa shape index (κ3) is 5.73. The Morgan fingerprint density at radius 2 is 2.00 bits per heavy atom. The van der Waals surface area contributed by atoms with Crippen LogP contribution in [-0.4, -0.2) is 74.2 Å². The average molecular weight is 418 g/mol. The number of methoxy groups -OCH3 is 1. The maximum Gasteiger partial charge on any atom is 0.257 e. The minimum absolute atomic E-state index is 0.0460. The molecule has 0 unspecified atom stereocenters. The van der Waals surface area contributed by atoms with Crippen LogP contribution < -0.4 is 10.1 Å². The third-order valence-electron chi connectivity index (χ3n) is 6.09. The van der Waals surface area contributed by atoms with Crippen LogP contribution in [0.15, 0.2) is 18.2 Å². The lowest BCUT2D eigenvalue weighted by molar-refractivity contribution is -0.114. The summed E-state index contributed by atoms with van der Waals surface area (Å²) in [4.78, 5) is 28.8. The van der Waals surface area contributed by atoms with Gasteiger partial charge < -0.3 is 19.7 Å². The molecule has 1 saturated carbocycles. The number of fused-ring (bicyclic) bond motifs is 1. The highest BCUT2D eigenvalue weighted by molar-refractivity contribution is 5.98. The topological polar surface area (TPSA) is 71.1 Å². The summed E-state index contributed by atoms with van der Waals surface area (Å²) < 4.78 is 11.9. The summed E-state index contributed by atoms with van der Waals surface area (Å²) in [7, 11) is 3.51. The predicted octanol–water partition coefficient (Wildman–Crippen LogP) is 2.86. The van der Waals surface area contributed by atoms with E-state index in [1.807, 2.05) is 0 Å². The number of carbonyl (C=O) groups excluding carboxylic acids is 2. The summed E-state index contributed by atoms with van der Waals surface area (Å²) >= 11 is 0. The molecule has 1 N–H and O–H groups in total. The molecule has 2 amide bonds. The highest BCUT2D eigenvalue weighted by atomic mass is 16.5. The van der Waals surface area contributed by atoms with Gasteiger partial charge in [0.15, 0.2) is 0 Å². The Balaban J connectivity index is 1.91. The van der Waals surface area contributed by atoms with Crippen LogP contribution in [0.1, 0.15) is 44.0 Å². The Hall–Kier alpha value is -2.12. The lowest BCUT2D eigenvalue weighted by atomic mass is 10.0. The summed E-state index contributed by atoms with van der Waals surface area (Å²) in [5.41, 5.74) is 1.12. The largest absolute Gasteiger partial charge is 0.491 e. The number of rotatable bonds is 4. The molecule has 7 nitrogen and oxygen atoms in total. The van der Waals surface area contributed by atoms with Gasteiger partial charge in [0.2, 0.25) is 5.91 Å². The van der Waals surface area contributed by atoms with Crippen molar-refractivity contribution in [3.8, 4) is 5.75 Å². The molecule has 1 aromatic carbocycles. The summed E-state index contributed by atoms with van der Waals surface area (Å²) in [5, 5.41) is 2.77. The van der Waals surface area contributed by atoms with Crippen LogP contribution in [0.25, 0.3) is 0 Å². The van der Waals surface area contributed by atoms with Gasteiger partial charge in [-0.05, 0) is 43.7 Å². The van der Waals surface area contributed by atoms with Gasteiger partial charge >= 0.3 is 0 Å². The first-order valence-electron chi connectivity index (χ1n) is 10.8. The minimum Gasteiger partial charge on any atom is -0.491 e. The fourth-order valence-corrected chi connectivity index (χ4v) is 4.01. The molecule has 1 aliphatic carbocycles. The van der Waals surface area contributed by atoms with Crippen LogP contribution in [-0.2, 0) is 9.53 Å². The van der Waals surface area contributed by atoms with E-state index in [0.29, 0.717) is 30.2 Å². The molecule has 1 aliphatic heterocycles. The Labute approximate surface area is 179 Å². The molecule has 3 atom stereocenters. The molecule has 3 rings (SSSR count). The van der Waals surface area contributed by atoms with Gasteiger partial charge in [-0.25, -0.2) is 0 Å². The molecule has 30 heavy (non-hydrogen) atoms. The van der Waals surface area contributed by atoms with Crippen LogP contribution in [0.2, 0.25) is 0 Å². The SMILES string of the molecule is CO[C@@H]1CN(C)C(=O)c2ccc(NC(C)=O)cc2OC[C@@H](C)N(CC2CC2)C[C@H]1C. The number of hydrogen-bond donors (Lipinski definition) is 1. The Morgan fingerprint density at radius 3 is 2.63 bits per heavy atom. The Morgan fingerprint density at radius 1 is 1.27 bits per heavy atom. The molecule has 7 heteroatoms. The first kappa shape index (κ1) is 22.6. The van der Waals surface area contributed by atoms with Crippen LogP contribution in [0.3, 0.4) is 0 Å². The van der Waals surface area contributed by atoms with Gasteiger partial charge in [-0.3, -0.25) is 14.5 Å². The summed E-state index contributed by atoms with van der Waals surface area (Å²) in [6, 6.07) is 5.40. The van der Waals surface area contributed by atoms with Crippen LogP contribution >= 0.6 is 0 Å². The highest BCUT2D eigenvalue weighted by Crippen LogP contribution is 2.32. The van der Waals surface area contributed by atoms with Crippen molar-refractivity contribution in [2.75, 3.05) is 45.7 Å². The fraction of sp³-hybridized carbons (Fsp3) is 0.652. The molecule has 2 aliphatic rings. The first-order chi connectivity index (χ1) is 14.3. The molecule has 0 bridgehead atoms. The van der Waals surface area contributed by atoms with Crippen molar-refractivity contribution in [3.05, 3.63) is 23.8 Å². The number of hydrogen-bond acceptors (Lipinski definition) is 5. The van der Waals surface area contributed by atoms with E-state index in [0.717, 1.165) is 19.0 Å². The Kier molecular flexibility index (Phi) is 7.36. The van der Waals surface area contributed by atoms with E-state index >= 15 is 0 Å². The number of nitrogens with one attached hydrogen (secondary N) is 1. The third-order valence-corrected chi connectivity index (χ3v) is 6.09. The quantitative estimate of drug-likeness (QED) is 0.816. The van der Waals surface area contributed by atoms with Crippen molar-refractivity contribution >= 4 is 17.5 Å². The van der Waals surface area contributed by atoms with Crippen LogP contribution in [0.4, 0.5) is 5.69 Å². The molecular weight excluding hydrogens is 382 g/mol. The highest BCUT2D eigenvalue weighted by Gasteiger charge is 2.31. The molecule has 0 spiro atoms. The minimum atomic E-state index is -0.160. The summed E-state index contributed by atoms with van der Waals surface area (Å²) in [5.74, 6) is 1.28. The van der Waals surface area contributed by atoms with E-state index < -0.39 is 0 Å².